The molecule has 0 fully saturated rings. The maximum Gasteiger partial charge on any atom is 0.168 e. The number of ether oxygens (including phenoxy) is 1. The van der Waals surface area contributed by atoms with E-state index in [2.05, 4.69) is 10.3 Å². The van der Waals surface area contributed by atoms with Crippen molar-refractivity contribution in [2.45, 2.75) is 12.5 Å². The Hall–Kier alpha value is -2.37. The van der Waals surface area contributed by atoms with Crippen LogP contribution >= 0.6 is 0 Å². The predicted octanol–water partition coefficient (Wildman–Crippen LogP) is 2.88. The Balaban J connectivity index is 1.91. The average molecular weight is 277 g/mol. The number of nitrogen functional groups attached to an aromatic ring is 1. The molecule has 0 bridgehead atoms. The van der Waals surface area contributed by atoms with E-state index in [1.54, 1.807) is 0 Å². The van der Waals surface area contributed by atoms with Crippen LogP contribution in [0.5, 0.6) is 5.75 Å². The van der Waals surface area contributed by atoms with Gasteiger partial charge in [0.15, 0.2) is 23.3 Å². The van der Waals surface area contributed by atoms with Gasteiger partial charge in [-0.3, -0.25) is 0 Å². The van der Waals surface area contributed by atoms with Crippen molar-refractivity contribution in [3.8, 4) is 5.75 Å². The maximum atomic E-state index is 13.7. The third-order valence-electron chi connectivity index (χ3n) is 3.23. The summed E-state index contributed by atoms with van der Waals surface area (Å²) in [5, 5.41) is 2.96. The first-order chi connectivity index (χ1) is 9.65. The van der Waals surface area contributed by atoms with Crippen LogP contribution in [0.2, 0.25) is 0 Å². The summed E-state index contributed by atoms with van der Waals surface area (Å²) in [6, 6.07) is 8.09. The second kappa shape index (κ2) is 4.96. The monoisotopic (exact) mass is 277 g/mol. The Bertz CT molecular complexity index is 648. The molecule has 0 amide bonds. The number of aromatic nitrogens is 1. The van der Waals surface area contributed by atoms with Crippen molar-refractivity contribution in [2.75, 3.05) is 17.7 Å². The molecule has 1 aliphatic heterocycles. The molecule has 0 aliphatic carbocycles. The van der Waals surface area contributed by atoms with Gasteiger partial charge in [-0.15, -0.1) is 0 Å². The summed E-state index contributed by atoms with van der Waals surface area (Å²) in [7, 11) is 0. The van der Waals surface area contributed by atoms with Crippen LogP contribution in [-0.4, -0.2) is 11.6 Å². The molecule has 0 saturated heterocycles. The van der Waals surface area contributed by atoms with E-state index in [1.807, 2.05) is 24.3 Å². The fourth-order valence-corrected chi connectivity index (χ4v) is 2.24. The molecule has 6 heteroatoms. The fraction of sp³-hybridized carbons (Fsp3) is 0.214. The Labute approximate surface area is 114 Å². The number of para-hydroxylation sites is 1. The highest BCUT2D eigenvalue weighted by atomic mass is 19.1. The molecule has 3 N–H and O–H groups in total. The van der Waals surface area contributed by atoms with Gasteiger partial charge in [-0.25, -0.2) is 13.8 Å². The standard InChI is InChI=1S/C14H13F2N3O/c15-9-7-10(16)14(19-13(9)17)18-11-5-6-20-12-4-2-1-3-8(11)12/h1-4,7,11H,5-6H2,(H3,17,18,19). The van der Waals surface area contributed by atoms with Gasteiger partial charge in [0.25, 0.3) is 0 Å². The topological polar surface area (TPSA) is 60.2 Å². The number of hydrogen-bond acceptors (Lipinski definition) is 4. The van der Waals surface area contributed by atoms with Gasteiger partial charge in [0.05, 0.1) is 12.6 Å². The third kappa shape index (κ3) is 2.24. The fourth-order valence-electron chi connectivity index (χ4n) is 2.24. The van der Waals surface area contributed by atoms with Gasteiger partial charge in [0.2, 0.25) is 0 Å². The van der Waals surface area contributed by atoms with Crippen molar-refractivity contribution < 1.29 is 13.5 Å². The first-order valence-corrected chi connectivity index (χ1v) is 6.25. The number of pyridine rings is 1. The zero-order chi connectivity index (χ0) is 14.1. The summed E-state index contributed by atoms with van der Waals surface area (Å²) in [6.07, 6.45) is 0.662. The largest absolute Gasteiger partial charge is 0.493 e. The second-order valence-corrected chi connectivity index (χ2v) is 4.56. The summed E-state index contributed by atoms with van der Waals surface area (Å²) in [4.78, 5) is 3.72. The highest BCUT2D eigenvalue weighted by Crippen LogP contribution is 2.34. The molecule has 1 unspecified atom stereocenters. The summed E-state index contributed by atoms with van der Waals surface area (Å²) in [5.74, 6) is -1.24. The van der Waals surface area contributed by atoms with Crippen molar-refractivity contribution >= 4 is 11.6 Å². The smallest absolute Gasteiger partial charge is 0.168 e. The van der Waals surface area contributed by atoms with Crippen molar-refractivity contribution in [1.29, 1.82) is 0 Å². The first kappa shape index (κ1) is 12.7. The van der Waals surface area contributed by atoms with Crippen LogP contribution in [-0.2, 0) is 0 Å². The van der Waals surface area contributed by atoms with Crippen LogP contribution < -0.4 is 15.8 Å². The lowest BCUT2D eigenvalue weighted by atomic mass is 10.0. The number of nitrogens with zero attached hydrogens (tertiary/aromatic N) is 1. The number of anilines is 2. The van der Waals surface area contributed by atoms with E-state index >= 15 is 0 Å². The number of nitrogens with two attached hydrogens (primary N) is 1. The van der Waals surface area contributed by atoms with Crippen LogP contribution in [0.3, 0.4) is 0 Å². The zero-order valence-electron chi connectivity index (χ0n) is 10.6. The molecule has 0 saturated carbocycles. The molecular weight excluding hydrogens is 264 g/mol. The molecule has 1 atom stereocenters. The van der Waals surface area contributed by atoms with E-state index in [4.69, 9.17) is 10.5 Å². The van der Waals surface area contributed by atoms with Crippen LogP contribution in [0.25, 0.3) is 0 Å². The van der Waals surface area contributed by atoms with Gasteiger partial charge in [-0.05, 0) is 6.07 Å². The van der Waals surface area contributed by atoms with Gasteiger partial charge in [0, 0.05) is 18.1 Å². The molecule has 1 aromatic heterocycles. The molecule has 3 rings (SSSR count). The molecule has 2 aromatic rings. The molecule has 2 heterocycles. The SMILES string of the molecule is Nc1nc(NC2CCOc3ccccc32)c(F)cc1F. The second-order valence-electron chi connectivity index (χ2n) is 4.56. The Morgan fingerprint density at radius 3 is 2.90 bits per heavy atom. The van der Waals surface area contributed by atoms with Crippen LogP contribution in [0.4, 0.5) is 20.4 Å². The summed E-state index contributed by atoms with van der Waals surface area (Å²) >= 11 is 0. The lowest BCUT2D eigenvalue weighted by Gasteiger charge is -2.27. The lowest BCUT2D eigenvalue weighted by Crippen LogP contribution is -2.21. The van der Waals surface area contributed by atoms with E-state index in [0.29, 0.717) is 13.0 Å². The highest BCUT2D eigenvalue weighted by Gasteiger charge is 2.22. The van der Waals surface area contributed by atoms with E-state index in [9.17, 15) is 8.78 Å². The molecule has 1 aliphatic rings. The minimum absolute atomic E-state index is 0.0504. The quantitative estimate of drug-likeness (QED) is 0.886. The van der Waals surface area contributed by atoms with E-state index in [0.717, 1.165) is 17.4 Å². The number of benzene rings is 1. The number of hydrogen-bond donors (Lipinski definition) is 2. The zero-order valence-corrected chi connectivity index (χ0v) is 10.6. The van der Waals surface area contributed by atoms with E-state index in [1.165, 1.54) is 0 Å². The summed E-state index contributed by atoms with van der Waals surface area (Å²) in [6.45, 7) is 0.521. The molecular formula is C14H13F2N3O. The Morgan fingerprint density at radius 1 is 1.25 bits per heavy atom. The van der Waals surface area contributed by atoms with Crippen molar-refractivity contribution in [1.82, 2.24) is 4.98 Å². The van der Waals surface area contributed by atoms with E-state index in [-0.39, 0.29) is 17.7 Å². The van der Waals surface area contributed by atoms with Gasteiger partial charge >= 0.3 is 0 Å². The minimum atomic E-state index is -0.861. The minimum Gasteiger partial charge on any atom is -0.493 e. The predicted molar refractivity (Wildman–Crippen MR) is 71.5 cm³/mol. The summed E-state index contributed by atoms with van der Waals surface area (Å²) < 4.78 is 32.3. The van der Waals surface area contributed by atoms with Gasteiger partial charge in [-0.2, -0.15) is 0 Å². The molecule has 1 aromatic carbocycles. The third-order valence-corrected chi connectivity index (χ3v) is 3.23. The molecule has 104 valence electrons. The van der Waals surface area contributed by atoms with Crippen molar-refractivity contribution in [3.63, 3.8) is 0 Å². The highest BCUT2D eigenvalue weighted by molar-refractivity contribution is 5.49. The summed E-state index contributed by atoms with van der Waals surface area (Å²) in [5.41, 5.74) is 6.29. The first-order valence-electron chi connectivity index (χ1n) is 6.25. The van der Waals surface area contributed by atoms with Gasteiger partial charge < -0.3 is 15.8 Å². The number of fused-ring (bicyclic) bond motifs is 1. The number of rotatable bonds is 2. The normalized spacial score (nSPS) is 17.2. The number of halogens is 2. The Kier molecular flexibility index (Phi) is 3.14. The lowest BCUT2D eigenvalue weighted by molar-refractivity contribution is 0.274. The average Bonchev–Trinajstić information content (AvgIpc) is 2.45. The molecule has 20 heavy (non-hydrogen) atoms. The molecule has 0 radical (unpaired) electrons. The van der Waals surface area contributed by atoms with Gasteiger partial charge in [0.1, 0.15) is 5.75 Å². The van der Waals surface area contributed by atoms with Crippen molar-refractivity contribution in [3.05, 3.63) is 47.5 Å². The van der Waals surface area contributed by atoms with E-state index < -0.39 is 11.6 Å². The van der Waals surface area contributed by atoms with Crippen LogP contribution in [0.15, 0.2) is 30.3 Å². The van der Waals surface area contributed by atoms with Crippen molar-refractivity contribution in [2.24, 2.45) is 0 Å². The van der Waals surface area contributed by atoms with Crippen LogP contribution in [0, 0.1) is 11.6 Å². The maximum absolute atomic E-state index is 13.7. The Morgan fingerprint density at radius 2 is 2.05 bits per heavy atom. The molecule has 4 nitrogen and oxygen atoms in total. The van der Waals surface area contributed by atoms with Gasteiger partial charge in [-0.1, -0.05) is 18.2 Å². The molecule has 0 spiro atoms. The number of nitrogens with one attached hydrogen (secondary N) is 1. The van der Waals surface area contributed by atoms with Crippen LogP contribution in [0.1, 0.15) is 18.0 Å².